The van der Waals surface area contributed by atoms with Crippen LogP contribution in [0.5, 0.6) is 5.75 Å². The minimum atomic E-state index is -0.351. The lowest BCUT2D eigenvalue weighted by molar-refractivity contribution is -0.129. The SMILES string of the molecule is Cc1nc(Nc2ccc(OCCCCCC(=O)NO)cc2)c2ccccc2n1. The molecule has 3 N–H and O–H groups in total. The number of ether oxygens (including phenoxy) is 1. The van der Waals surface area contributed by atoms with E-state index in [1.807, 2.05) is 55.5 Å². The summed E-state index contributed by atoms with van der Waals surface area (Å²) < 4.78 is 5.73. The molecule has 0 aliphatic rings. The van der Waals surface area contributed by atoms with Crippen LogP contribution in [-0.4, -0.2) is 27.7 Å². The number of aryl methyl sites for hydroxylation is 1. The Labute approximate surface area is 163 Å². The van der Waals surface area contributed by atoms with Gasteiger partial charge in [-0.15, -0.1) is 0 Å². The minimum absolute atomic E-state index is 0.327. The van der Waals surface area contributed by atoms with E-state index >= 15 is 0 Å². The molecule has 0 aliphatic carbocycles. The van der Waals surface area contributed by atoms with Crippen LogP contribution in [0.1, 0.15) is 31.5 Å². The fraction of sp³-hybridized carbons (Fsp3) is 0.286. The summed E-state index contributed by atoms with van der Waals surface area (Å²) in [5, 5.41) is 12.8. The van der Waals surface area contributed by atoms with E-state index in [-0.39, 0.29) is 5.91 Å². The third-order valence-electron chi connectivity index (χ3n) is 4.27. The van der Waals surface area contributed by atoms with E-state index in [1.165, 1.54) is 0 Å². The molecule has 2 aromatic carbocycles. The number of hydroxylamine groups is 1. The first-order valence-corrected chi connectivity index (χ1v) is 9.32. The third-order valence-corrected chi connectivity index (χ3v) is 4.27. The Balaban J connectivity index is 1.52. The Hall–Kier alpha value is -3.19. The lowest BCUT2D eigenvalue weighted by Crippen LogP contribution is -2.17. The van der Waals surface area contributed by atoms with Crippen LogP contribution in [0.2, 0.25) is 0 Å². The second kappa shape index (κ2) is 9.66. The summed E-state index contributed by atoms with van der Waals surface area (Å²) >= 11 is 0. The number of anilines is 2. The number of hydrogen-bond acceptors (Lipinski definition) is 6. The normalized spacial score (nSPS) is 10.6. The van der Waals surface area contributed by atoms with Gasteiger partial charge in [-0.1, -0.05) is 12.1 Å². The lowest BCUT2D eigenvalue weighted by atomic mass is 10.2. The number of fused-ring (bicyclic) bond motifs is 1. The zero-order valence-corrected chi connectivity index (χ0v) is 15.8. The maximum Gasteiger partial charge on any atom is 0.243 e. The molecular formula is C21H24N4O3. The molecule has 7 nitrogen and oxygen atoms in total. The summed E-state index contributed by atoms with van der Waals surface area (Å²) in [6, 6.07) is 15.6. The number of nitrogens with zero attached hydrogens (tertiary/aromatic N) is 2. The van der Waals surface area contributed by atoms with Gasteiger partial charge in [0.2, 0.25) is 5.91 Å². The van der Waals surface area contributed by atoms with Crippen molar-refractivity contribution < 1.29 is 14.7 Å². The third kappa shape index (κ3) is 5.40. The molecule has 1 heterocycles. The first-order valence-electron chi connectivity index (χ1n) is 9.32. The topological polar surface area (TPSA) is 96.4 Å². The monoisotopic (exact) mass is 380 g/mol. The molecule has 3 aromatic rings. The fourth-order valence-electron chi connectivity index (χ4n) is 2.87. The van der Waals surface area contributed by atoms with Crippen molar-refractivity contribution in [3.63, 3.8) is 0 Å². The highest BCUT2D eigenvalue weighted by Crippen LogP contribution is 2.25. The van der Waals surface area contributed by atoms with Crippen molar-refractivity contribution in [1.29, 1.82) is 0 Å². The van der Waals surface area contributed by atoms with E-state index in [2.05, 4.69) is 15.3 Å². The first-order chi connectivity index (χ1) is 13.7. The number of carbonyl (C=O) groups excluding carboxylic acids is 1. The molecule has 0 atom stereocenters. The van der Waals surface area contributed by atoms with Gasteiger partial charge >= 0.3 is 0 Å². The summed E-state index contributed by atoms with van der Waals surface area (Å²) in [4.78, 5) is 19.9. The Morgan fingerprint density at radius 2 is 1.82 bits per heavy atom. The van der Waals surface area contributed by atoms with Gasteiger partial charge < -0.3 is 10.1 Å². The lowest BCUT2D eigenvalue weighted by Gasteiger charge is -2.11. The molecule has 0 bridgehead atoms. The van der Waals surface area contributed by atoms with Crippen LogP contribution in [0, 0.1) is 6.92 Å². The molecule has 3 rings (SSSR count). The number of amides is 1. The molecule has 0 unspecified atom stereocenters. The van der Waals surface area contributed by atoms with Crippen molar-refractivity contribution in [2.75, 3.05) is 11.9 Å². The second-order valence-electron chi connectivity index (χ2n) is 6.48. The van der Waals surface area contributed by atoms with Crippen LogP contribution < -0.4 is 15.5 Å². The van der Waals surface area contributed by atoms with Crippen LogP contribution in [0.15, 0.2) is 48.5 Å². The summed E-state index contributed by atoms with van der Waals surface area (Å²) in [5.74, 6) is 1.94. The Morgan fingerprint density at radius 3 is 2.61 bits per heavy atom. The molecule has 1 amide bonds. The van der Waals surface area contributed by atoms with E-state index in [4.69, 9.17) is 9.94 Å². The average molecular weight is 380 g/mol. The minimum Gasteiger partial charge on any atom is -0.494 e. The van der Waals surface area contributed by atoms with Gasteiger partial charge in [0.05, 0.1) is 12.1 Å². The van der Waals surface area contributed by atoms with Crippen LogP contribution in [-0.2, 0) is 4.79 Å². The predicted octanol–water partition coefficient (Wildman–Crippen LogP) is 4.13. The first kappa shape index (κ1) is 19.6. The smallest absolute Gasteiger partial charge is 0.243 e. The summed E-state index contributed by atoms with van der Waals surface area (Å²) in [6.45, 7) is 2.47. The molecule has 0 radical (unpaired) electrons. The number of rotatable bonds is 9. The van der Waals surface area contributed by atoms with Crippen molar-refractivity contribution in [1.82, 2.24) is 15.4 Å². The predicted molar refractivity (Wildman–Crippen MR) is 108 cm³/mol. The van der Waals surface area contributed by atoms with Gasteiger partial charge in [-0.3, -0.25) is 10.0 Å². The summed E-state index contributed by atoms with van der Waals surface area (Å²) in [5.41, 5.74) is 3.47. The van der Waals surface area contributed by atoms with E-state index in [1.54, 1.807) is 5.48 Å². The number of benzene rings is 2. The molecule has 0 saturated carbocycles. The standard InChI is InChI=1S/C21H24N4O3/c1-15-22-19-8-5-4-7-18(19)21(23-15)24-16-10-12-17(13-11-16)28-14-6-2-3-9-20(26)25-27/h4-5,7-8,10-13,27H,2-3,6,9,14H2,1H3,(H,25,26)(H,22,23,24). The van der Waals surface area contributed by atoms with E-state index < -0.39 is 0 Å². The van der Waals surface area contributed by atoms with E-state index in [0.717, 1.165) is 53.2 Å². The zero-order chi connectivity index (χ0) is 19.8. The van der Waals surface area contributed by atoms with Crippen LogP contribution in [0.25, 0.3) is 10.9 Å². The maximum absolute atomic E-state index is 10.9. The summed E-state index contributed by atoms with van der Waals surface area (Å²) in [7, 11) is 0. The van der Waals surface area contributed by atoms with Crippen molar-refractivity contribution in [3.8, 4) is 5.75 Å². The van der Waals surface area contributed by atoms with Gasteiger partial charge in [-0.05, 0) is 62.6 Å². The average Bonchev–Trinajstić information content (AvgIpc) is 2.71. The van der Waals surface area contributed by atoms with Crippen molar-refractivity contribution >= 4 is 28.3 Å². The number of para-hydroxylation sites is 1. The van der Waals surface area contributed by atoms with Gasteiger partial charge in [-0.2, -0.15) is 0 Å². The molecule has 7 heteroatoms. The Kier molecular flexibility index (Phi) is 6.75. The van der Waals surface area contributed by atoms with Gasteiger partial charge in [0, 0.05) is 17.5 Å². The number of carbonyl (C=O) groups is 1. The molecule has 0 spiro atoms. The van der Waals surface area contributed by atoms with Crippen molar-refractivity contribution in [3.05, 3.63) is 54.4 Å². The number of nitrogens with one attached hydrogen (secondary N) is 2. The molecule has 1 aromatic heterocycles. The molecule has 0 saturated heterocycles. The van der Waals surface area contributed by atoms with E-state index in [0.29, 0.717) is 13.0 Å². The summed E-state index contributed by atoms with van der Waals surface area (Å²) in [6.07, 6.45) is 2.77. The van der Waals surface area contributed by atoms with Gasteiger partial charge in [0.1, 0.15) is 17.4 Å². The second-order valence-corrected chi connectivity index (χ2v) is 6.48. The van der Waals surface area contributed by atoms with Gasteiger partial charge in [0.25, 0.3) is 0 Å². The maximum atomic E-state index is 10.9. The molecule has 0 fully saturated rings. The van der Waals surface area contributed by atoms with E-state index in [9.17, 15) is 4.79 Å². The van der Waals surface area contributed by atoms with Crippen LogP contribution in [0.4, 0.5) is 11.5 Å². The largest absolute Gasteiger partial charge is 0.494 e. The number of aromatic nitrogens is 2. The molecule has 146 valence electrons. The highest BCUT2D eigenvalue weighted by Gasteiger charge is 2.06. The Morgan fingerprint density at radius 1 is 1.04 bits per heavy atom. The van der Waals surface area contributed by atoms with Gasteiger partial charge in [0.15, 0.2) is 0 Å². The molecule has 0 aliphatic heterocycles. The number of unbranched alkanes of at least 4 members (excludes halogenated alkanes) is 2. The highest BCUT2D eigenvalue weighted by atomic mass is 16.5. The molecular weight excluding hydrogens is 356 g/mol. The Bertz CT molecular complexity index is 929. The van der Waals surface area contributed by atoms with Crippen LogP contribution >= 0.6 is 0 Å². The van der Waals surface area contributed by atoms with Crippen LogP contribution in [0.3, 0.4) is 0 Å². The quantitative estimate of drug-likeness (QED) is 0.293. The highest BCUT2D eigenvalue weighted by molar-refractivity contribution is 5.90. The van der Waals surface area contributed by atoms with Crippen molar-refractivity contribution in [2.45, 2.75) is 32.6 Å². The fourth-order valence-corrected chi connectivity index (χ4v) is 2.87. The number of hydrogen-bond donors (Lipinski definition) is 3. The zero-order valence-electron chi connectivity index (χ0n) is 15.8. The van der Waals surface area contributed by atoms with Gasteiger partial charge in [-0.25, -0.2) is 15.4 Å². The molecule has 28 heavy (non-hydrogen) atoms. The van der Waals surface area contributed by atoms with Crippen molar-refractivity contribution in [2.24, 2.45) is 0 Å².